The summed E-state index contributed by atoms with van der Waals surface area (Å²) >= 11 is 1.60. The van der Waals surface area contributed by atoms with Crippen LogP contribution in [0.5, 0.6) is 5.75 Å². The van der Waals surface area contributed by atoms with Crippen LogP contribution < -0.4 is 10.1 Å². The zero-order valence-corrected chi connectivity index (χ0v) is 17.0. The molecular formula is C21H19N5O3S. The molecule has 0 saturated carbocycles. The topological polar surface area (TPSA) is 113 Å². The van der Waals surface area contributed by atoms with Gasteiger partial charge in [-0.25, -0.2) is 14.8 Å². The van der Waals surface area contributed by atoms with Crippen LogP contribution in [0, 0.1) is 0 Å². The Hall–Kier alpha value is -3.46. The van der Waals surface area contributed by atoms with Gasteiger partial charge in [0.25, 0.3) is 0 Å². The zero-order chi connectivity index (χ0) is 20.7. The molecule has 1 aromatic carbocycles. The number of aryl methyl sites for hydroxylation is 1. The molecule has 0 saturated heterocycles. The van der Waals surface area contributed by atoms with Crippen LogP contribution in [0.4, 0.5) is 11.5 Å². The predicted molar refractivity (Wildman–Crippen MR) is 116 cm³/mol. The van der Waals surface area contributed by atoms with Crippen LogP contribution >= 0.6 is 11.3 Å². The summed E-state index contributed by atoms with van der Waals surface area (Å²) in [5, 5.41) is 21.5. The highest BCUT2D eigenvalue weighted by molar-refractivity contribution is 7.19. The van der Waals surface area contributed by atoms with Gasteiger partial charge in [0.15, 0.2) is 0 Å². The van der Waals surface area contributed by atoms with Crippen molar-refractivity contribution >= 4 is 49.9 Å². The minimum absolute atomic E-state index is 0.542. The van der Waals surface area contributed by atoms with Crippen molar-refractivity contribution in [2.75, 3.05) is 11.9 Å². The maximum absolute atomic E-state index is 11.0. The number of anilines is 2. The summed E-state index contributed by atoms with van der Waals surface area (Å²) in [5.41, 5.74) is 3.85. The summed E-state index contributed by atoms with van der Waals surface area (Å²) in [6.07, 6.45) is 6.80. The van der Waals surface area contributed by atoms with E-state index >= 15 is 0 Å². The summed E-state index contributed by atoms with van der Waals surface area (Å²) in [6, 6.07) is 3.92. The Labute approximate surface area is 175 Å². The molecule has 0 fully saturated rings. The van der Waals surface area contributed by atoms with Crippen molar-refractivity contribution in [2.45, 2.75) is 26.2 Å². The first-order valence-corrected chi connectivity index (χ1v) is 10.5. The van der Waals surface area contributed by atoms with Gasteiger partial charge in [-0.15, -0.1) is 11.3 Å². The third kappa shape index (κ3) is 3.26. The maximum atomic E-state index is 11.0. The Morgan fingerprint density at radius 2 is 2.27 bits per heavy atom. The molecule has 0 radical (unpaired) electrons. The largest absolute Gasteiger partial charge is 0.492 e. The Kier molecular flexibility index (Phi) is 4.59. The van der Waals surface area contributed by atoms with E-state index in [0.717, 1.165) is 61.7 Å². The number of benzene rings is 1. The molecule has 9 heteroatoms. The van der Waals surface area contributed by atoms with Gasteiger partial charge in [-0.05, 0) is 31.4 Å². The average molecular weight is 421 g/mol. The standard InChI is InChI=1S/C21H19N5O3S/c1-2-29-16-8-14-12(9-24-26-14)7-15(16)25-20-19-13-4-3-11(6-18(27)28)5-17(13)30-21(19)23-10-22-20/h6-10H,2-5H2,1H3,(H,24,26)(H,27,28)(H,22,23,25). The number of nitrogens with zero attached hydrogens (tertiary/aromatic N) is 3. The molecule has 4 aromatic rings. The van der Waals surface area contributed by atoms with Gasteiger partial charge >= 0.3 is 5.97 Å². The predicted octanol–water partition coefficient (Wildman–Crippen LogP) is 4.21. The highest BCUT2D eigenvalue weighted by atomic mass is 32.1. The molecule has 0 aliphatic heterocycles. The number of carboxylic acids is 1. The fourth-order valence-electron chi connectivity index (χ4n) is 3.89. The molecule has 30 heavy (non-hydrogen) atoms. The van der Waals surface area contributed by atoms with Crippen LogP contribution in [-0.4, -0.2) is 37.8 Å². The lowest BCUT2D eigenvalue weighted by molar-refractivity contribution is -0.131. The molecule has 0 atom stereocenters. The number of aliphatic carboxylic acids is 1. The fourth-order valence-corrected chi connectivity index (χ4v) is 5.13. The van der Waals surface area contributed by atoms with E-state index in [1.54, 1.807) is 23.9 Å². The SMILES string of the molecule is CCOc1cc2[nH]ncc2cc1Nc1ncnc2sc3c(c12)CCC(=CC(=O)O)C3. The van der Waals surface area contributed by atoms with Crippen molar-refractivity contribution < 1.29 is 14.6 Å². The summed E-state index contributed by atoms with van der Waals surface area (Å²) < 4.78 is 5.83. The van der Waals surface area contributed by atoms with Crippen LogP contribution in [0.3, 0.4) is 0 Å². The Morgan fingerprint density at radius 3 is 3.10 bits per heavy atom. The van der Waals surface area contributed by atoms with Crippen molar-refractivity contribution in [1.29, 1.82) is 0 Å². The number of thiophene rings is 1. The number of nitrogens with one attached hydrogen (secondary N) is 2. The van der Waals surface area contributed by atoms with Crippen molar-refractivity contribution in [3.05, 3.63) is 46.7 Å². The van der Waals surface area contributed by atoms with E-state index in [1.807, 2.05) is 19.1 Å². The van der Waals surface area contributed by atoms with E-state index < -0.39 is 5.97 Å². The van der Waals surface area contributed by atoms with Gasteiger partial charge < -0.3 is 15.2 Å². The molecule has 0 amide bonds. The normalized spacial score (nSPS) is 14.9. The molecule has 3 heterocycles. The zero-order valence-electron chi connectivity index (χ0n) is 16.2. The van der Waals surface area contributed by atoms with Crippen molar-refractivity contribution in [1.82, 2.24) is 20.2 Å². The number of hydrogen-bond acceptors (Lipinski definition) is 7. The number of rotatable bonds is 5. The quantitative estimate of drug-likeness (QED) is 0.414. The molecule has 3 N–H and O–H groups in total. The monoisotopic (exact) mass is 421 g/mol. The van der Waals surface area contributed by atoms with Crippen molar-refractivity contribution in [3.8, 4) is 5.75 Å². The van der Waals surface area contributed by atoms with E-state index in [2.05, 4.69) is 25.5 Å². The van der Waals surface area contributed by atoms with Crippen molar-refractivity contribution in [3.63, 3.8) is 0 Å². The smallest absolute Gasteiger partial charge is 0.328 e. The van der Waals surface area contributed by atoms with Crippen LogP contribution in [0.15, 0.2) is 36.3 Å². The van der Waals surface area contributed by atoms with Gasteiger partial charge in [-0.3, -0.25) is 5.10 Å². The highest BCUT2D eigenvalue weighted by Gasteiger charge is 2.23. The van der Waals surface area contributed by atoms with Crippen LogP contribution in [0.25, 0.3) is 21.1 Å². The molecule has 8 nitrogen and oxygen atoms in total. The second-order valence-corrected chi connectivity index (χ2v) is 8.17. The van der Waals surface area contributed by atoms with Crippen LogP contribution in [0.1, 0.15) is 23.8 Å². The van der Waals surface area contributed by atoms with Crippen molar-refractivity contribution in [2.24, 2.45) is 0 Å². The molecule has 152 valence electrons. The molecule has 1 aliphatic carbocycles. The fraction of sp³-hybridized carbons (Fsp3) is 0.238. The Bertz CT molecular complexity index is 1310. The lowest BCUT2D eigenvalue weighted by atomic mass is 9.92. The number of allylic oxidation sites excluding steroid dienone is 1. The van der Waals surface area contributed by atoms with Gasteiger partial charge in [0.05, 0.1) is 29.4 Å². The number of aromatic nitrogens is 4. The molecule has 0 spiro atoms. The second kappa shape index (κ2) is 7.42. The first kappa shape index (κ1) is 18.6. The number of carbonyl (C=O) groups is 1. The third-order valence-corrected chi connectivity index (χ3v) is 6.32. The van der Waals surface area contributed by atoms with Crippen LogP contribution in [-0.2, 0) is 17.6 Å². The number of fused-ring (bicyclic) bond motifs is 4. The van der Waals surface area contributed by atoms with Crippen LogP contribution in [0.2, 0.25) is 0 Å². The number of H-pyrrole nitrogens is 1. The number of ether oxygens (including phenoxy) is 1. The van der Waals surface area contributed by atoms with Gasteiger partial charge in [0, 0.05) is 28.8 Å². The van der Waals surface area contributed by atoms with E-state index in [-0.39, 0.29) is 0 Å². The minimum Gasteiger partial charge on any atom is -0.492 e. The number of carboxylic acid groups (broad SMARTS) is 1. The number of aromatic amines is 1. The highest BCUT2D eigenvalue weighted by Crippen LogP contribution is 2.41. The first-order chi connectivity index (χ1) is 14.6. The molecule has 3 aromatic heterocycles. The average Bonchev–Trinajstić information content (AvgIpc) is 3.31. The molecule has 0 unspecified atom stereocenters. The second-order valence-electron chi connectivity index (χ2n) is 7.09. The molecule has 0 bridgehead atoms. The van der Waals surface area contributed by atoms with E-state index in [9.17, 15) is 4.79 Å². The lowest BCUT2D eigenvalue weighted by Crippen LogP contribution is -2.06. The summed E-state index contributed by atoms with van der Waals surface area (Å²) in [4.78, 5) is 22.1. The molecule has 5 rings (SSSR count). The maximum Gasteiger partial charge on any atom is 0.328 e. The molecular weight excluding hydrogens is 402 g/mol. The van der Waals surface area contributed by atoms with E-state index in [1.165, 1.54) is 11.6 Å². The first-order valence-electron chi connectivity index (χ1n) is 9.67. The summed E-state index contributed by atoms with van der Waals surface area (Å²) in [7, 11) is 0. The van der Waals surface area contributed by atoms with Gasteiger partial charge in [0.2, 0.25) is 0 Å². The van der Waals surface area contributed by atoms with E-state index in [4.69, 9.17) is 9.84 Å². The third-order valence-electron chi connectivity index (χ3n) is 5.18. The van der Waals surface area contributed by atoms with Gasteiger partial charge in [-0.1, -0.05) is 5.57 Å². The van der Waals surface area contributed by atoms with Gasteiger partial charge in [0.1, 0.15) is 22.7 Å². The summed E-state index contributed by atoms with van der Waals surface area (Å²) in [6.45, 7) is 2.49. The Balaban J connectivity index is 1.58. The minimum atomic E-state index is -0.894. The molecule has 1 aliphatic rings. The van der Waals surface area contributed by atoms with E-state index in [0.29, 0.717) is 13.0 Å². The van der Waals surface area contributed by atoms with Gasteiger partial charge in [-0.2, -0.15) is 5.10 Å². The number of hydrogen-bond donors (Lipinski definition) is 3. The Morgan fingerprint density at radius 1 is 1.37 bits per heavy atom. The summed E-state index contributed by atoms with van der Waals surface area (Å²) in [5.74, 6) is 0.554. The lowest BCUT2D eigenvalue weighted by Gasteiger charge is -2.16.